The van der Waals surface area contributed by atoms with E-state index in [0.717, 1.165) is 12.1 Å². The molecule has 2 aliphatic rings. The predicted molar refractivity (Wildman–Crippen MR) is 223 cm³/mol. The second-order valence-electron chi connectivity index (χ2n) is 14.9. The maximum absolute atomic E-state index is 2.44. The number of rotatable bonds is 6. The molecule has 0 amide bonds. The molecule has 2 nitrogen and oxygen atoms in total. The lowest BCUT2D eigenvalue weighted by atomic mass is 9.82. The minimum atomic E-state index is -0.0745. The van der Waals surface area contributed by atoms with Gasteiger partial charge in [-0.3, -0.25) is 0 Å². The van der Waals surface area contributed by atoms with Crippen LogP contribution in [0.15, 0.2) is 194 Å². The first-order valence-electron chi connectivity index (χ1n) is 18.7. The normalized spacial score (nSPS) is 15.7. The van der Waals surface area contributed by atoms with Gasteiger partial charge in [0.1, 0.15) is 0 Å². The topological polar surface area (TPSA) is 8.17 Å². The third-order valence-corrected chi connectivity index (χ3v) is 11.5. The van der Waals surface area contributed by atoms with Crippen molar-refractivity contribution in [3.05, 3.63) is 210 Å². The third-order valence-electron chi connectivity index (χ3n) is 11.5. The summed E-state index contributed by atoms with van der Waals surface area (Å²) in [6.07, 6.45) is 8.10. The van der Waals surface area contributed by atoms with Gasteiger partial charge in [-0.15, -0.1) is 0 Å². The number of para-hydroxylation sites is 2. The molecule has 8 aromatic rings. The van der Waals surface area contributed by atoms with E-state index in [4.69, 9.17) is 0 Å². The second kappa shape index (κ2) is 12.4. The number of allylic oxidation sites excluding steroid dienone is 3. The van der Waals surface area contributed by atoms with E-state index in [1.165, 1.54) is 77.8 Å². The monoisotopic (exact) mass is 680 g/mol. The Hall–Kier alpha value is -6.38. The molecule has 1 atom stereocenters. The van der Waals surface area contributed by atoms with Crippen molar-refractivity contribution in [1.82, 2.24) is 4.57 Å². The number of fused-ring (bicyclic) bond motifs is 6. The first kappa shape index (κ1) is 31.4. The molecule has 0 bridgehead atoms. The Kier molecular flexibility index (Phi) is 7.33. The molecular formula is C51H40N2. The molecule has 10 rings (SSSR count). The van der Waals surface area contributed by atoms with E-state index in [2.05, 4.69) is 211 Å². The predicted octanol–water partition coefficient (Wildman–Crippen LogP) is 13.5. The molecule has 0 fully saturated rings. The van der Waals surface area contributed by atoms with E-state index in [1.807, 2.05) is 0 Å². The van der Waals surface area contributed by atoms with Crippen molar-refractivity contribution in [3.8, 4) is 27.9 Å². The highest BCUT2D eigenvalue weighted by Gasteiger charge is 2.36. The molecule has 1 heterocycles. The van der Waals surface area contributed by atoms with E-state index >= 15 is 0 Å². The summed E-state index contributed by atoms with van der Waals surface area (Å²) in [7, 11) is 0. The van der Waals surface area contributed by atoms with Crippen molar-refractivity contribution in [3.63, 3.8) is 0 Å². The smallest absolute Gasteiger partial charge is 0.0541 e. The van der Waals surface area contributed by atoms with E-state index in [1.54, 1.807) is 0 Å². The maximum Gasteiger partial charge on any atom is 0.0541 e. The average molecular weight is 681 g/mol. The van der Waals surface area contributed by atoms with Crippen LogP contribution in [-0.4, -0.2) is 4.57 Å². The molecule has 53 heavy (non-hydrogen) atoms. The molecule has 0 aliphatic heterocycles. The number of benzene rings is 7. The van der Waals surface area contributed by atoms with Crippen molar-refractivity contribution >= 4 is 33.2 Å². The van der Waals surface area contributed by atoms with E-state index in [9.17, 15) is 0 Å². The molecule has 0 radical (unpaired) electrons. The Labute approximate surface area is 311 Å². The average Bonchev–Trinajstić information content (AvgIpc) is 3.67. The number of hydrogen-bond donors (Lipinski definition) is 0. The van der Waals surface area contributed by atoms with E-state index in [0.29, 0.717) is 0 Å². The lowest BCUT2D eigenvalue weighted by Gasteiger charge is -2.31. The van der Waals surface area contributed by atoms with Crippen LogP contribution in [0.2, 0.25) is 0 Å². The quantitative estimate of drug-likeness (QED) is 0.170. The van der Waals surface area contributed by atoms with E-state index in [-0.39, 0.29) is 11.3 Å². The molecule has 2 aliphatic carbocycles. The molecule has 0 saturated carbocycles. The van der Waals surface area contributed by atoms with Gasteiger partial charge in [0.25, 0.3) is 0 Å². The van der Waals surface area contributed by atoms with Crippen LogP contribution in [-0.2, 0) is 5.41 Å². The van der Waals surface area contributed by atoms with Crippen LogP contribution < -0.4 is 4.90 Å². The minimum absolute atomic E-state index is 0.0745. The summed E-state index contributed by atoms with van der Waals surface area (Å²) in [6, 6.07) is 62.2. The van der Waals surface area contributed by atoms with Gasteiger partial charge in [-0.2, -0.15) is 0 Å². The zero-order valence-corrected chi connectivity index (χ0v) is 30.1. The van der Waals surface area contributed by atoms with Gasteiger partial charge in [0.15, 0.2) is 0 Å². The first-order chi connectivity index (χ1) is 26.0. The lowest BCUT2D eigenvalue weighted by molar-refractivity contribution is 0.660. The Morgan fingerprint density at radius 2 is 1.21 bits per heavy atom. The summed E-state index contributed by atoms with van der Waals surface area (Å²) < 4.78 is 2.39. The van der Waals surface area contributed by atoms with Crippen molar-refractivity contribution in [2.24, 2.45) is 0 Å². The fourth-order valence-corrected chi connectivity index (χ4v) is 8.81. The lowest BCUT2D eigenvalue weighted by Crippen LogP contribution is -2.19. The summed E-state index contributed by atoms with van der Waals surface area (Å²) in [4.78, 5) is 2.44. The largest absolute Gasteiger partial charge is 0.311 e. The Morgan fingerprint density at radius 3 is 2.00 bits per heavy atom. The van der Waals surface area contributed by atoms with Gasteiger partial charge in [-0.1, -0.05) is 141 Å². The van der Waals surface area contributed by atoms with Crippen molar-refractivity contribution in [2.75, 3.05) is 4.90 Å². The number of aromatic nitrogens is 1. The summed E-state index contributed by atoms with van der Waals surface area (Å²) in [5.41, 5.74) is 16.4. The van der Waals surface area contributed by atoms with Gasteiger partial charge in [0, 0.05) is 44.9 Å². The van der Waals surface area contributed by atoms with Crippen LogP contribution in [0.4, 0.5) is 11.4 Å². The molecule has 1 aromatic heterocycles. The molecule has 0 spiro atoms. The van der Waals surface area contributed by atoms with Crippen LogP contribution in [0.5, 0.6) is 0 Å². The Bertz CT molecular complexity index is 2710. The molecule has 1 unspecified atom stereocenters. The molecule has 2 heteroatoms. The molecule has 254 valence electrons. The van der Waals surface area contributed by atoms with Gasteiger partial charge in [0.05, 0.1) is 11.0 Å². The third kappa shape index (κ3) is 5.17. The van der Waals surface area contributed by atoms with Crippen LogP contribution >= 0.6 is 0 Å². The van der Waals surface area contributed by atoms with Gasteiger partial charge in [-0.25, -0.2) is 0 Å². The summed E-state index contributed by atoms with van der Waals surface area (Å²) in [6.45, 7) is 4.72. The van der Waals surface area contributed by atoms with Crippen LogP contribution in [0.25, 0.3) is 49.7 Å². The number of nitrogens with zero attached hydrogens (tertiary/aromatic N) is 2. The Morgan fingerprint density at radius 1 is 0.547 bits per heavy atom. The summed E-state index contributed by atoms with van der Waals surface area (Å²) >= 11 is 0. The highest BCUT2D eigenvalue weighted by Crippen LogP contribution is 2.50. The molecule has 7 aromatic carbocycles. The van der Waals surface area contributed by atoms with Crippen molar-refractivity contribution in [2.45, 2.75) is 31.6 Å². The van der Waals surface area contributed by atoms with Crippen LogP contribution in [0, 0.1) is 0 Å². The van der Waals surface area contributed by atoms with Gasteiger partial charge >= 0.3 is 0 Å². The van der Waals surface area contributed by atoms with Crippen LogP contribution in [0.1, 0.15) is 42.9 Å². The summed E-state index contributed by atoms with van der Waals surface area (Å²) in [5, 5.41) is 2.59. The SMILES string of the molecule is CC1(C)c2ccccc2-c2ccc(N(C3=CCC(c4ccc5c(c4)c4ccccc4n5-c4ccccc4)C=C3)c3ccc(-c4ccccc4)cc3)cc21. The minimum Gasteiger partial charge on any atom is -0.311 e. The number of hydrogen-bond acceptors (Lipinski definition) is 1. The zero-order chi connectivity index (χ0) is 35.5. The fraction of sp³-hybridized carbons (Fsp3) is 0.0980. The standard InChI is InChI=1S/C51H40N2/c1-51(2)47-19-11-9-17-43(47)44-31-30-42(34-48(44)51)52(40-26-21-36(22-27-40)35-13-5-3-6-14-35)41-28-23-37(24-29-41)38-25-32-50-46(33-38)45-18-10-12-20-49(45)53(50)39-15-7-4-8-16-39/h3-23,25-34,37H,24H2,1-2H3. The Balaban J connectivity index is 1.03. The van der Waals surface area contributed by atoms with Gasteiger partial charge in [0.2, 0.25) is 0 Å². The zero-order valence-electron chi connectivity index (χ0n) is 30.1. The first-order valence-corrected chi connectivity index (χ1v) is 18.7. The molecule has 0 N–H and O–H groups in total. The van der Waals surface area contributed by atoms with Crippen molar-refractivity contribution < 1.29 is 0 Å². The van der Waals surface area contributed by atoms with E-state index < -0.39 is 0 Å². The van der Waals surface area contributed by atoms with Crippen LogP contribution in [0.3, 0.4) is 0 Å². The van der Waals surface area contributed by atoms with Gasteiger partial charge in [-0.05, 0) is 106 Å². The summed E-state index contributed by atoms with van der Waals surface area (Å²) in [5.74, 6) is 0.290. The second-order valence-corrected chi connectivity index (χ2v) is 14.9. The van der Waals surface area contributed by atoms with Gasteiger partial charge < -0.3 is 9.47 Å². The highest BCUT2D eigenvalue weighted by molar-refractivity contribution is 6.09. The number of anilines is 2. The van der Waals surface area contributed by atoms with Crippen molar-refractivity contribution in [1.29, 1.82) is 0 Å². The maximum atomic E-state index is 2.44. The fourth-order valence-electron chi connectivity index (χ4n) is 8.81. The highest BCUT2D eigenvalue weighted by atomic mass is 15.1. The molecule has 0 saturated heterocycles. The molecular weight excluding hydrogens is 641 g/mol.